The van der Waals surface area contributed by atoms with Crippen molar-refractivity contribution in [2.75, 3.05) is 5.73 Å². The molecule has 0 saturated heterocycles. The van der Waals surface area contributed by atoms with Gasteiger partial charge in [-0.15, -0.1) is 0 Å². The molecule has 2 rings (SSSR count). The number of aldehydes is 1. The van der Waals surface area contributed by atoms with E-state index in [1.807, 2.05) is 6.07 Å². The van der Waals surface area contributed by atoms with Crippen molar-refractivity contribution >= 4 is 12.0 Å². The van der Waals surface area contributed by atoms with Gasteiger partial charge >= 0.3 is 0 Å². The predicted octanol–water partition coefficient (Wildman–Crippen LogP) is 2.89. The van der Waals surface area contributed by atoms with Crippen molar-refractivity contribution in [2.45, 2.75) is 0 Å². The topological polar surface area (TPSA) is 43.1 Å². The number of nitrogen functional groups attached to an aromatic ring is 1. The van der Waals surface area contributed by atoms with E-state index in [1.165, 1.54) is 6.07 Å². The van der Waals surface area contributed by atoms with Gasteiger partial charge < -0.3 is 5.73 Å². The highest BCUT2D eigenvalue weighted by Gasteiger charge is 2.02. The lowest BCUT2D eigenvalue weighted by Crippen LogP contribution is -1.91. The third kappa shape index (κ3) is 1.93. The second kappa shape index (κ2) is 4.14. The van der Waals surface area contributed by atoms with Gasteiger partial charge in [-0.25, -0.2) is 4.39 Å². The number of hydrogen-bond acceptors (Lipinski definition) is 2. The highest BCUT2D eigenvalue weighted by molar-refractivity contribution is 5.79. The number of benzene rings is 2. The summed E-state index contributed by atoms with van der Waals surface area (Å²) in [6, 6.07) is 11.6. The Bertz CT molecular complexity index is 537. The van der Waals surface area contributed by atoms with Gasteiger partial charge in [-0.3, -0.25) is 4.79 Å². The highest BCUT2D eigenvalue weighted by Crippen LogP contribution is 2.23. The lowest BCUT2D eigenvalue weighted by atomic mass is 10.0. The van der Waals surface area contributed by atoms with Crippen molar-refractivity contribution < 1.29 is 9.18 Å². The fourth-order valence-electron chi connectivity index (χ4n) is 1.51. The summed E-state index contributed by atoms with van der Waals surface area (Å²) in [4.78, 5) is 10.6. The zero-order chi connectivity index (χ0) is 11.5. The second-order valence-corrected chi connectivity index (χ2v) is 3.48. The minimum atomic E-state index is -0.435. The molecule has 0 unspecified atom stereocenters. The number of anilines is 1. The number of carbonyl (C=O) groups is 1. The monoisotopic (exact) mass is 215 g/mol. The van der Waals surface area contributed by atoms with Gasteiger partial charge in [-0.2, -0.15) is 0 Å². The van der Waals surface area contributed by atoms with Gasteiger partial charge in [-0.05, 0) is 29.3 Å². The SMILES string of the molecule is Nc1cc(-c2cccc(C=O)c2)ccc1F. The van der Waals surface area contributed by atoms with Gasteiger partial charge in [0.05, 0.1) is 5.69 Å². The number of nitrogens with two attached hydrogens (primary N) is 1. The zero-order valence-electron chi connectivity index (χ0n) is 8.48. The van der Waals surface area contributed by atoms with Gasteiger partial charge in [0.1, 0.15) is 12.1 Å². The molecule has 80 valence electrons. The van der Waals surface area contributed by atoms with Crippen molar-refractivity contribution in [3.63, 3.8) is 0 Å². The second-order valence-electron chi connectivity index (χ2n) is 3.48. The molecule has 0 saturated carbocycles. The van der Waals surface area contributed by atoms with Crippen LogP contribution in [0.4, 0.5) is 10.1 Å². The van der Waals surface area contributed by atoms with Crippen LogP contribution in [0.1, 0.15) is 10.4 Å². The van der Waals surface area contributed by atoms with Gasteiger partial charge in [-0.1, -0.05) is 24.3 Å². The number of halogens is 1. The van der Waals surface area contributed by atoms with E-state index in [0.29, 0.717) is 5.56 Å². The van der Waals surface area contributed by atoms with Crippen molar-refractivity contribution in [3.8, 4) is 11.1 Å². The number of carbonyl (C=O) groups excluding carboxylic acids is 1. The molecule has 0 radical (unpaired) electrons. The van der Waals surface area contributed by atoms with Crippen LogP contribution in [0.2, 0.25) is 0 Å². The molecule has 0 aliphatic rings. The molecular weight excluding hydrogens is 205 g/mol. The maximum absolute atomic E-state index is 13.0. The molecule has 0 bridgehead atoms. The van der Waals surface area contributed by atoms with Gasteiger partial charge in [0.25, 0.3) is 0 Å². The highest BCUT2D eigenvalue weighted by atomic mass is 19.1. The summed E-state index contributed by atoms with van der Waals surface area (Å²) in [6.07, 6.45) is 0.774. The van der Waals surface area contributed by atoms with Crippen molar-refractivity contribution in [1.82, 2.24) is 0 Å². The summed E-state index contributed by atoms with van der Waals surface area (Å²) in [5.41, 5.74) is 7.81. The van der Waals surface area contributed by atoms with Crippen LogP contribution in [0.15, 0.2) is 42.5 Å². The van der Waals surface area contributed by atoms with Crippen LogP contribution >= 0.6 is 0 Å². The summed E-state index contributed by atoms with van der Waals surface area (Å²) in [5, 5.41) is 0. The Hall–Kier alpha value is -2.16. The molecule has 2 aromatic carbocycles. The van der Waals surface area contributed by atoms with E-state index in [4.69, 9.17) is 5.73 Å². The Labute approximate surface area is 92.5 Å². The van der Waals surface area contributed by atoms with Crippen LogP contribution in [-0.2, 0) is 0 Å². The van der Waals surface area contributed by atoms with Crippen molar-refractivity contribution in [1.29, 1.82) is 0 Å². The first-order valence-corrected chi connectivity index (χ1v) is 4.81. The Balaban J connectivity index is 2.49. The Kier molecular flexibility index (Phi) is 2.68. The molecule has 0 atom stereocenters. The molecule has 0 aliphatic heterocycles. The summed E-state index contributed by atoms with van der Waals surface area (Å²) < 4.78 is 13.0. The molecule has 2 aromatic rings. The van der Waals surface area contributed by atoms with Crippen LogP contribution in [0.3, 0.4) is 0 Å². The summed E-state index contributed by atoms with van der Waals surface area (Å²) in [6.45, 7) is 0. The average molecular weight is 215 g/mol. The molecular formula is C13H10FNO. The molecule has 2 N–H and O–H groups in total. The predicted molar refractivity (Wildman–Crippen MR) is 61.6 cm³/mol. The molecule has 0 spiro atoms. The third-order valence-electron chi connectivity index (χ3n) is 2.35. The van der Waals surface area contributed by atoms with E-state index in [2.05, 4.69) is 0 Å². The van der Waals surface area contributed by atoms with E-state index in [1.54, 1.807) is 30.3 Å². The molecule has 0 aliphatic carbocycles. The minimum absolute atomic E-state index is 0.106. The normalized spacial score (nSPS) is 10.1. The summed E-state index contributed by atoms with van der Waals surface area (Å²) >= 11 is 0. The van der Waals surface area contributed by atoms with Gasteiger partial charge in [0.15, 0.2) is 0 Å². The Morgan fingerprint density at radius 1 is 1.06 bits per heavy atom. The number of rotatable bonds is 2. The van der Waals surface area contributed by atoms with E-state index < -0.39 is 5.82 Å². The summed E-state index contributed by atoms with van der Waals surface area (Å²) in [5.74, 6) is -0.435. The first kappa shape index (κ1) is 10.4. The lowest BCUT2D eigenvalue weighted by Gasteiger charge is -2.04. The van der Waals surface area contributed by atoms with Crippen LogP contribution < -0.4 is 5.73 Å². The van der Waals surface area contributed by atoms with Crippen molar-refractivity contribution in [2.24, 2.45) is 0 Å². The summed E-state index contributed by atoms with van der Waals surface area (Å²) in [7, 11) is 0. The molecule has 0 aromatic heterocycles. The Morgan fingerprint density at radius 2 is 1.81 bits per heavy atom. The average Bonchev–Trinajstić information content (AvgIpc) is 2.33. The quantitative estimate of drug-likeness (QED) is 0.618. The van der Waals surface area contributed by atoms with E-state index in [0.717, 1.165) is 17.4 Å². The molecule has 16 heavy (non-hydrogen) atoms. The standard InChI is InChI=1S/C13H10FNO/c14-12-5-4-11(7-13(12)15)10-3-1-2-9(6-10)8-16/h1-8H,15H2. The fourth-order valence-corrected chi connectivity index (χ4v) is 1.51. The third-order valence-corrected chi connectivity index (χ3v) is 2.35. The van der Waals surface area contributed by atoms with E-state index in [-0.39, 0.29) is 5.69 Å². The maximum atomic E-state index is 13.0. The first-order valence-electron chi connectivity index (χ1n) is 4.81. The van der Waals surface area contributed by atoms with Crippen LogP contribution in [0.25, 0.3) is 11.1 Å². The van der Waals surface area contributed by atoms with E-state index in [9.17, 15) is 9.18 Å². The largest absolute Gasteiger partial charge is 0.396 e. The fraction of sp³-hybridized carbons (Fsp3) is 0. The van der Waals surface area contributed by atoms with Crippen LogP contribution in [0, 0.1) is 5.82 Å². The number of hydrogen-bond donors (Lipinski definition) is 1. The van der Waals surface area contributed by atoms with E-state index >= 15 is 0 Å². The first-order chi connectivity index (χ1) is 7.70. The molecule has 0 heterocycles. The zero-order valence-corrected chi connectivity index (χ0v) is 8.48. The van der Waals surface area contributed by atoms with Gasteiger partial charge in [0, 0.05) is 5.56 Å². The Morgan fingerprint density at radius 3 is 2.50 bits per heavy atom. The molecule has 3 heteroatoms. The lowest BCUT2D eigenvalue weighted by molar-refractivity contribution is 0.112. The van der Waals surface area contributed by atoms with Crippen molar-refractivity contribution in [3.05, 3.63) is 53.8 Å². The molecule has 2 nitrogen and oxygen atoms in total. The van der Waals surface area contributed by atoms with Gasteiger partial charge in [0.2, 0.25) is 0 Å². The molecule has 0 amide bonds. The maximum Gasteiger partial charge on any atom is 0.150 e. The van der Waals surface area contributed by atoms with Crippen LogP contribution in [0.5, 0.6) is 0 Å². The molecule has 0 fully saturated rings. The smallest absolute Gasteiger partial charge is 0.150 e. The minimum Gasteiger partial charge on any atom is -0.396 e. The van der Waals surface area contributed by atoms with Crippen LogP contribution in [-0.4, -0.2) is 6.29 Å².